The van der Waals surface area contributed by atoms with E-state index in [0.717, 1.165) is 121 Å². The molecule has 69 heavy (non-hydrogen) atoms. The quantitative estimate of drug-likeness (QED) is 0.166. The van der Waals surface area contributed by atoms with Crippen molar-refractivity contribution in [2.75, 3.05) is 9.80 Å². The molecule has 3 aromatic heterocycles. The topological polar surface area (TPSA) is 45.9 Å². The van der Waals surface area contributed by atoms with Crippen molar-refractivity contribution in [2.24, 2.45) is 0 Å². The van der Waals surface area contributed by atoms with Crippen molar-refractivity contribution in [1.82, 2.24) is 0 Å². The maximum atomic E-state index is 7.21. The predicted molar refractivity (Wildman–Crippen MR) is 290 cm³/mol. The molecule has 0 saturated carbocycles. The lowest BCUT2D eigenvalue weighted by atomic mass is 9.86. The molecule has 334 valence electrons. The number of nitrogens with zero attached hydrogens (tertiary/aromatic N) is 2. The molecule has 0 spiro atoms. The molecular weight excluding hydrogens is 845 g/mol. The van der Waals surface area contributed by atoms with Gasteiger partial charge in [-0.25, -0.2) is 0 Å². The number of hydrogen-bond donors (Lipinski definition) is 0. The Balaban J connectivity index is 1.12. The van der Waals surface area contributed by atoms with Gasteiger partial charge in [0.05, 0.1) is 22.7 Å². The van der Waals surface area contributed by atoms with Gasteiger partial charge in [-0.05, 0) is 59.4 Å². The van der Waals surface area contributed by atoms with Crippen LogP contribution in [0.4, 0.5) is 34.1 Å². The number of hydrogen-bond acceptors (Lipinski definition) is 5. The normalized spacial score (nSPS) is 12.5. The highest BCUT2D eigenvalue weighted by atomic mass is 16.3. The van der Waals surface area contributed by atoms with Gasteiger partial charge in [-0.3, -0.25) is 0 Å². The van der Waals surface area contributed by atoms with Gasteiger partial charge in [-0.2, -0.15) is 0 Å². The predicted octanol–water partition coefficient (Wildman–Crippen LogP) is 19.2. The molecule has 0 amide bonds. The van der Waals surface area contributed by atoms with Crippen molar-refractivity contribution in [2.45, 2.75) is 52.4 Å². The molecule has 5 heteroatoms. The summed E-state index contributed by atoms with van der Waals surface area (Å²) in [7, 11) is 0. The van der Waals surface area contributed by atoms with Gasteiger partial charge in [0.25, 0.3) is 0 Å². The average molecular weight is 895 g/mol. The van der Waals surface area contributed by atoms with Gasteiger partial charge >= 0.3 is 0 Å². The van der Waals surface area contributed by atoms with Gasteiger partial charge in [-0.1, -0.05) is 187 Å². The molecular formula is C64H50N2O3. The Bertz CT molecular complexity index is 3890. The van der Waals surface area contributed by atoms with Crippen LogP contribution in [0.15, 0.2) is 207 Å². The first-order valence-electron chi connectivity index (χ1n) is 23.9. The van der Waals surface area contributed by atoms with Crippen LogP contribution in [-0.2, 0) is 10.8 Å². The van der Waals surface area contributed by atoms with E-state index in [2.05, 4.69) is 245 Å². The van der Waals surface area contributed by atoms with Gasteiger partial charge in [-0.15, -0.1) is 0 Å². The highest BCUT2D eigenvalue weighted by Gasteiger charge is 2.29. The molecule has 0 aliphatic carbocycles. The average Bonchev–Trinajstić information content (AvgIpc) is 4.07. The van der Waals surface area contributed by atoms with Crippen molar-refractivity contribution in [3.05, 3.63) is 205 Å². The molecule has 0 bridgehead atoms. The molecule has 5 nitrogen and oxygen atoms in total. The summed E-state index contributed by atoms with van der Waals surface area (Å²) in [6.45, 7) is 13.5. The maximum absolute atomic E-state index is 7.21. The molecule has 0 atom stereocenters. The Morgan fingerprint density at radius 1 is 0.261 bits per heavy atom. The van der Waals surface area contributed by atoms with Gasteiger partial charge in [0.1, 0.15) is 22.3 Å². The van der Waals surface area contributed by atoms with Crippen LogP contribution in [-0.4, -0.2) is 0 Å². The van der Waals surface area contributed by atoms with Crippen LogP contribution in [0.1, 0.15) is 52.7 Å². The third kappa shape index (κ3) is 6.30. The number of para-hydroxylation sites is 6. The Kier molecular flexibility index (Phi) is 8.97. The second-order valence-corrected chi connectivity index (χ2v) is 20.5. The van der Waals surface area contributed by atoms with Crippen LogP contribution < -0.4 is 9.80 Å². The fraction of sp³-hybridized carbons (Fsp3) is 0.125. The Hall–Kier alpha value is -8.28. The third-order valence-electron chi connectivity index (χ3n) is 14.1. The van der Waals surface area contributed by atoms with Crippen molar-refractivity contribution < 1.29 is 13.3 Å². The summed E-state index contributed by atoms with van der Waals surface area (Å²) in [4.78, 5) is 4.74. The van der Waals surface area contributed by atoms with E-state index in [9.17, 15) is 0 Å². The second-order valence-electron chi connectivity index (χ2n) is 20.5. The lowest BCUT2D eigenvalue weighted by Crippen LogP contribution is -2.11. The minimum Gasteiger partial charge on any atom is -0.455 e. The summed E-state index contributed by atoms with van der Waals surface area (Å²) in [6, 6.07) is 69.4. The summed E-state index contributed by atoms with van der Waals surface area (Å²) in [6.07, 6.45) is 0. The van der Waals surface area contributed by atoms with Crippen molar-refractivity contribution in [3.8, 4) is 0 Å². The molecule has 0 N–H and O–H groups in total. The monoisotopic (exact) mass is 894 g/mol. The molecule has 0 unspecified atom stereocenters. The van der Waals surface area contributed by atoms with Gasteiger partial charge in [0.2, 0.25) is 0 Å². The number of anilines is 6. The van der Waals surface area contributed by atoms with Crippen LogP contribution >= 0.6 is 0 Å². The van der Waals surface area contributed by atoms with Gasteiger partial charge in [0, 0.05) is 76.4 Å². The first kappa shape index (κ1) is 41.0. The molecule has 3 heterocycles. The number of fused-ring (bicyclic) bond motifs is 13. The van der Waals surface area contributed by atoms with E-state index in [-0.39, 0.29) is 10.8 Å². The lowest BCUT2D eigenvalue weighted by Gasteiger charge is -2.27. The smallest absolute Gasteiger partial charge is 0.159 e. The zero-order valence-electron chi connectivity index (χ0n) is 39.6. The Morgan fingerprint density at radius 2 is 0.565 bits per heavy atom. The number of furan rings is 3. The van der Waals surface area contributed by atoms with E-state index in [1.54, 1.807) is 0 Å². The number of benzene rings is 10. The van der Waals surface area contributed by atoms with Crippen molar-refractivity contribution >= 4 is 121 Å². The Labute approximate surface area is 400 Å². The van der Waals surface area contributed by atoms with Crippen LogP contribution in [0.5, 0.6) is 0 Å². The highest BCUT2D eigenvalue weighted by molar-refractivity contribution is 6.26. The molecule has 0 saturated heterocycles. The second kappa shape index (κ2) is 15.1. The first-order valence-corrected chi connectivity index (χ1v) is 23.9. The minimum absolute atomic E-state index is 0.107. The Morgan fingerprint density at radius 3 is 0.957 bits per heavy atom. The molecule has 0 fully saturated rings. The molecule has 0 aliphatic heterocycles. The molecule has 0 aliphatic rings. The zero-order chi connectivity index (χ0) is 46.8. The third-order valence-corrected chi connectivity index (χ3v) is 14.1. The van der Waals surface area contributed by atoms with Crippen LogP contribution in [0.2, 0.25) is 0 Å². The van der Waals surface area contributed by atoms with E-state index in [0.29, 0.717) is 0 Å². The van der Waals surface area contributed by atoms with Gasteiger partial charge < -0.3 is 23.1 Å². The van der Waals surface area contributed by atoms with E-state index in [1.807, 2.05) is 0 Å². The zero-order valence-corrected chi connectivity index (χ0v) is 39.6. The highest BCUT2D eigenvalue weighted by Crippen LogP contribution is 2.52. The molecule has 13 aromatic rings. The molecule has 10 aromatic carbocycles. The summed E-state index contributed by atoms with van der Waals surface area (Å²) in [5.74, 6) is 0. The molecule has 0 radical (unpaired) electrons. The van der Waals surface area contributed by atoms with Crippen LogP contribution in [0.25, 0.3) is 87.4 Å². The van der Waals surface area contributed by atoms with E-state index in [4.69, 9.17) is 13.3 Å². The summed E-state index contributed by atoms with van der Waals surface area (Å²) >= 11 is 0. The largest absolute Gasteiger partial charge is 0.455 e. The van der Waals surface area contributed by atoms with Crippen LogP contribution in [0, 0.1) is 0 Å². The SMILES string of the molecule is CC(C)(C)c1cccc2c1oc1c(N(c3ccccc3)c3cc4c5cc(N(c6ccccc6)c6cccc7c6oc6c(C(C)(C)C)cccc67)c6ccccc6c5oc4c4ccccc34)cccc12. The summed E-state index contributed by atoms with van der Waals surface area (Å²) < 4.78 is 21.4. The maximum Gasteiger partial charge on any atom is 0.159 e. The lowest BCUT2D eigenvalue weighted by molar-refractivity contribution is 0.572. The van der Waals surface area contributed by atoms with Crippen molar-refractivity contribution in [1.29, 1.82) is 0 Å². The minimum atomic E-state index is -0.107. The summed E-state index contributed by atoms with van der Waals surface area (Å²) in [5, 5.41) is 10.6. The van der Waals surface area contributed by atoms with E-state index >= 15 is 0 Å². The fourth-order valence-electron chi connectivity index (χ4n) is 10.9. The summed E-state index contributed by atoms with van der Waals surface area (Å²) in [5.41, 5.74) is 13.4. The number of rotatable bonds is 6. The van der Waals surface area contributed by atoms with E-state index < -0.39 is 0 Å². The molecule has 13 rings (SSSR count). The van der Waals surface area contributed by atoms with Crippen molar-refractivity contribution in [3.63, 3.8) is 0 Å². The van der Waals surface area contributed by atoms with Gasteiger partial charge in [0.15, 0.2) is 11.2 Å². The van der Waals surface area contributed by atoms with E-state index in [1.165, 1.54) is 11.1 Å². The first-order chi connectivity index (χ1) is 33.5. The standard InChI is InChI=1S/C64H50N2O3/c1-63(2,3)51-33-17-29-45-47-31-19-35-53(61(47)68-59(45)51)65(39-21-9-7-10-22-39)55-37-49-50-38-56(42-26-14-16-28-44(42)58(50)67-57(49)43-27-15-13-25-41(43)55)66(40-23-11-8-12-24-40)54-36-20-32-48-46-30-18-34-52(64(4,5)6)60(46)69-62(48)54/h7-38H,1-6H3. The van der Waals surface area contributed by atoms with Crippen LogP contribution in [0.3, 0.4) is 0 Å². The fourth-order valence-corrected chi connectivity index (χ4v) is 10.9.